The van der Waals surface area contributed by atoms with E-state index in [0.717, 1.165) is 25.1 Å². The molecule has 0 aromatic heterocycles. The van der Waals surface area contributed by atoms with Gasteiger partial charge in [-0.3, -0.25) is 0 Å². The molecule has 1 atom stereocenters. The number of aryl methyl sites for hydroxylation is 1. The van der Waals surface area contributed by atoms with Crippen LogP contribution >= 0.6 is 0 Å². The number of morpholine rings is 1. The van der Waals surface area contributed by atoms with Gasteiger partial charge in [-0.25, -0.2) is 13.1 Å². The number of nitrogens with one attached hydrogen (secondary N) is 1. The summed E-state index contributed by atoms with van der Waals surface area (Å²) in [6.07, 6.45) is 3.03. The first-order valence-corrected chi connectivity index (χ1v) is 9.11. The van der Waals surface area contributed by atoms with E-state index >= 15 is 0 Å². The molecule has 0 radical (unpaired) electrons. The van der Waals surface area contributed by atoms with Gasteiger partial charge in [-0.1, -0.05) is 24.3 Å². The third-order valence-corrected chi connectivity index (χ3v) is 5.76. The summed E-state index contributed by atoms with van der Waals surface area (Å²) in [6, 6.07) is 7.93. The zero-order valence-electron chi connectivity index (χ0n) is 12.8. The second-order valence-corrected chi connectivity index (χ2v) is 7.74. The van der Waals surface area contributed by atoms with Crippen molar-refractivity contribution < 1.29 is 13.2 Å². The largest absolute Gasteiger partial charge is 0.374 e. The van der Waals surface area contributed by atoms with Crippen molar-refractivity contribution in [2.45, 2.75) is 18.9 Å². The summed E-state index contributed by atoms with van der Waals surface area (Å²) in [5, 5.41) is 0. The van der Waals surface area contributed by atoms with E-state index in [0.29, 0.717) is 24.5 Å². The maximum Gasteiger partial charge on any atom is 0.236 e. The number of hydrogen-bond donors (Lipinski definition) is 1. The van der Waals surface area contributed by atoms with Gasteiger partial charge < -0.3 is 9.64 Å². The Balaban J connectivity index is 1.67. The van der Waals surface area contributed by atoms with Gasteiger partial charge in [-0.15, -0.1) is 0 Å². The number of allylic oxidation sites excluding steroid dienone is 1. The van der Waals surface area contributed by atoms with E-state index < -0.39 is 10.0 Å². The zero-order chi connectivity index (χ0) is 15.6. The Morgan fingerprint density at radius 3 is 2.95 bits per heavy atom. The summed E-state index contributed by atoms with van der Waals surface area (Å²) in [7, 11) is -1.41. The molecule has 22 heavy (non-hydrogen) atoms. The Morgan fingerprint density at radius 1 is 1.32 bits per heavy atom. The van der Waals surface area contributed by atoms with Crippen LogP contribution in [0, 0.1) is 0 Å². The summed E-state index contributed by atoms with van der Waals surface area (Å²) >= 11 is 0. The minimum atomic E-state index is -3.43. The van der Waals surface area contributed by atoms with Gasteiger partial charge in [-0.2, -0.15) is 0 Å². The van der Waals surface area contributed by atoms with E-state index in [2.05, 4.69) is 9.62 Å². The first-order valence-electron chi connectivity index (χ1n) is 7.63. The third kappa shape index (κ3) is 3.57. The minimum absolute atomic E-state index is 0.0787. The molecule has 5 nitrogen and oxygen atoms in total. The van der Waals surface area contributed by atoms with Crippen LogP contribution in [-0.4, -0.2) is 52.7 Å². The molecule has 0 bridgehead atoms. The first kappa shape index (κ1) is 15.7. The van der Waals surface area contributed by atoms with E-state index in [1.165, 1.54) is 5.56 Å². The highest BCUT2D eigenvalue weighted by Crippen LogP contribution is 2.26. The zero-order valence-corrected chi connectivity index (χ0v) is 13.6. The number of rotatable bonds is 4. The van der Waals surface area contributed by atoms with Crippen LogP contribution in [0.4, 0.5) is 0 Å². The Morgan fingerprint density at radius 2 is 2.14 bits per heavy atom. The van der Waals surface area contributed by atoms with E-state index in [1.54, 1.807) is 6.08 Å². The van der Waals surface area contributed by atoms with E-state index in [4.69, 9.17) is 4.74 Å². The van der Waals surface area contributed by atoms with Crippen molar-refractivity contribution in [3.63, 3.8) is 0 Å². The molecule has 2 aliphatic rings. The van der Waals surface area contributed by atoms with Crippen molar-refractivity contribution in [2.75, 3.05) is 33.3 Å². The second-order valence-electron chi connectivity index (χ2n) is 5.92. The number of fused-ring (bicyclic) bond motifs is 1. The highest BCUT2D eigenvalue weighted by Gasteiger charge is 2.24. The fourth-order valence-corrected chi connectivity index (χ4v) is 4.15. The van der Waals surface area contributed by atoms with E-state index in [1.807, 2.05) is 31.3 Å². The van der Waals surface area contributed by atoms with E-state index in [9.17, 15) is 8.42 Å². The molecule has 3 rings (SSSR count). The van der Waals surface area contributed by atoms with Gasteiger partial charge >= 0.3 is 0 Å². The van der Waals surface area contributed by atoms with Gasteiger partial charge in [0.1, 0.15) is 0 Å². The van der Waals surface area contributed by atoms with Crippen molar-refractivity contribution in [3.8, 4) is 0 Å². The molecule has 6 heteroatoms. The van der Waals surface area contributed by atoms with Crippen molar-refractivity contribution in [3.05, 3.63) is 40.3 Å². The molecule has 1 N–H and O–H groups in total. The number of ether oxygens (including phenoxy) is 1. The third-order valence-electron chi connectivity index (χ3n) is 4.20. The summed E-state index contributed by atoms with van der Waals surface area (Å²) in [6.45, 7) is 2.63. The lowest BCUT2D eigenvalue weighted by molar-refractivity contribution is -0.0156. The van der Waals surface area contributed by atoms with Crippen LogP contribution in [0.15, 0.2) is 29.2 Å². The molecule has 1 aromatic rings. The van der Waals surface area contributed by atoms with Crippen molar-refractivity contribution in [2.24, 2.45) is 0 Å². The van der Waals surface area contributed by atoms with Crippen molar-refractivity contribution in [1.82, 2.24) is 9.62 Å². The average Bonchev–Trinajstić information content (AvgIpc) is 2.53. The quantitative estimate of drug-likeness (QED) is 0.906. The van der Waals surface area contributed by atoms with Gasteiger partial charge in [0.25, 0.3) is 0 Å². The molecule has 1 unspecified atom stereocenters. The van der Waals surface area contributed by atoms with Gasteiger partial charge in [0.2, 0.25) is 10.0 Å². The molecule has 0 amide bonds. The van der Waals surface area contributed by atoms with Crippen LogP contribution in [0.3, 0.4) is 0 Å². The second kappa shape index (κ2) is 6.50. The summed E-state index contributed by atoms with van der Waals surface area (Å²) in [5.74, 6) is 0. The Hall–Kier alpha value is -1.21. The van der Waals surface area contributed by atoms with Gasteiger partial charge in [0, 0.05) is 19.6 Å². The van der Waals surface area contributed by atoms with Crippen LogP contribution in [0.1, 0.15) is 17.5 Å². The molecular weight excluding hydrogens is 300 g/mol. The number of sulfonamides is 1. The Bertz CT molecular complexity index is 670. The topological polar surface area (TPSA) is 58.6 Å². The lowest BCUT2D eigenvalue weighted by Gasteiger charge is -2.30. The number of likely N-dealkylation sites (N-methyl/N-ethyl adjacent to an activating group) is 1. The molecular formula is C16H22N2O3S. The Kier molecular flexibility index (Phi) is 4.63. The maximum atomic E-state index is 12.5. The molecule has 120 valence electrons. The van der Waals surface area contributed by atoms with Crippen molar-refractivity contribution >= 4 is 16.1 Å². The molecule has 0 spiro atoms. The molecule has 1 aromatic carbocycles. The maximum absolute atomic E-state index is 12.5. The summed E-state index contributed by atoms with van der Waals surface area (Å²) in [5.41, 5.74) is 2.21. The van der Waals surface area contributed by atoms with Crippen LogP contribution in [0.5, 0.6) is 0 Å². The smallest absolute Gasteiger partial charge is 0.236 e. The molecule has 1 fully saturated rings. The van der Waals surface area contributed by atoms with Crippen LogP contribution in [0.25, 0.3) is 6.08 Å². The number of hydrogen-bond acceptors (Lipinski definition) is 4. The predicted molar refractivity (Wildman–Crippen MR) is 86.9 cm³/mol. The number of benzene rings is 1. The molecule has 1 saturated heterocycles. The Labute approximate surface area is 132 Å². The molecule has 1 heterocycles. The highest BCUT2D eigenvalue weighted by molar-refractivity contribution is 7.93. The fraction of sp³-hybridized carbons (Fsp3) is 0.500. The highest BCUT2D eigenvalue weighted by atomic mass is 32.2. The van der Waals surface area contributed by atoms with Gasteiger partial charge in [-0.05, 0) is 37.1 Å². The van der Waals surface area contributed by atoms with Gasteiger partial charge in [0.15, 0.2) is 0 Å². The predicted octanol–water partition coefficient (Wildman–Crippen LogP) is 1.22. The molecule has 1 aliphatic carbocycles. The molecule has 1 aliphatic heterocycles. The standard InChI is InChI=1S/C16H22N2O3S/c1-18-8-9-21-15(12-18)11-17-22(19,20)16-7-6-13-4-2-3-5-14(13)10-16/h2-5,10,15,17H,6-9,11-12H2,1H3. The lowest BCUT2D eigenvalue weighted by Crippen LogP contribution is -2.46. The van der Waals surface area contributed by atoms with Gasteiger partial charge in [0.05, 0.1) is 17.6 Å². The molecule has 0 saturated carbocycles. The summed E-state index contributed by atoms with van der Waals surface area (Å²) < 4.78 is 33.2. The monoisotopic (exact) mass is 322 g/mol. The SMILES string of the molecule is CN1CCOC(CNS(=O)(=O)C2=Cc3ccccc3CC2)C1. The first-order chi connectivity index (χ1) is 10.5. The van der Waals surface area contributed by atoms with Crippen LogP contribution < -0.4 is 4.72 Å². The average molecular weight is 322 g/mol. The van der Waals surface area contributed by atoms with Crippen molar-refractivity contribution in [1.29, 1.82) is 0 Å². The summed E-state index contributed by atoms with van der Waals surface area (Å²) in [4.78, 5) is 2.62. The minimum Gasteiger partial charge on any atom is -0.374 e. The van der Waals surface area contributed by atoms with Crippen LogP contribution in [-0.2, 0) is 21.2 Å². The van der Waals surface area contributed by atoms with E-state index in [-0.39, 0.29) is 6.10 Å². The van der Waals surface area contributed by atoms with Crippen LogP contribution in [0.2, 0.25) is 0 Å². The lowest BCUT2D eigenvalue weighted by atomic mass is 9.98. The normalized spacial score (nSPS) is 23.0. The fourth-order valence-electron chi connectivity index (χ4n) is 2.90. The number of nitrogens with zero attached hydrogens (tertiary/aromatic N) is 1.